The van der Waals surface area contributed by atoms with E-state index in [1.165, 1.54) is 25.3 Å². The molecule has 0 amide bonds. The van der Waals surface area contributed by atoms with Gasteiger partial charge >= 0.3 is 0 Å². The van der Waals surface area contributed by atoms with Gasteiger partial charge in [0, 0.05) is 12.1 Å². The summed E-state index contributed by atoms with van der Waals surface area (Å²) in [5.74, 6) is 1.00. The first-order valence-electron chi connectivity index (χ1n) is 6.10. The fourth-order valence-corrected chi connectivity index (χ4v) is 3.16. The zero-order valence-electron chi connectivity index (χ0n) is 11.8. The van der Waals surface area contributed by atoms with E-state index in [9.17, 15) is 8.42 Å². The highest BCUT2D eigenvalue weighted by atomic mass is 35.5. The minimum Gasteiger partial charge on any atom is -0.495 e. The third-order valence-electron chi connectivity index (χ3n) is 3.05. The highest BCUT2D eigenvalue weighted by molar-refractivity contribution is 7.89. The molecular formula is C13H15ClN2O4S. The van der Waals surface area contributed by atoms with Crippen LogP contribution in [0.2, 0.25) is 5.02 Å². The van der Waals surface area contributed by atoms with Gasteiger partial charge in [0.15, 0.2) is 0 Å². The van der Waals surface area contributed by atoms with Crippen molar-refractivity contribution in [2.45, 2.75) is 25.3 Å². The molecule has 6 nitrogen and oxygen atoms in total. The molecule has 1 aromatic heterocycles. The van der Waals surface area contributed by atoms with E-state index < -0.39 is 10.0 Å². The summed E-state index contributed by atoms with van der Waals surface area (Å²) in [5, 5.41) is 4.01. The monoisotopic (exact) mass is 330 g/mol. The summed E-state index contributed by atoms with van der Waals surface area (Å²) in [6.07, 6.45) is 0. The summed E-state index contributed by atoms with van der Waals surface area (Å²) in [5.41, 5.74) is 1.38. The topological polar surface area (TPSA) is 81.4 Å². The molecular weight excluding hydrogens is 316 g/mol. The Labute approximate surface area is 128 Å². The SMILES string of the molecule is COc1ccc(S(=O)(=O)NCc2c(C)noc2C)cc1Cl. The molecule has 8 heteroatoms. The Hall–Kier alpha value is -1.57. The standard InChI is InChI=1S/C13H15ClN2O4S/c1-8-11(9(2)20-16-8)7-15-21(17,18)10-4-5-13(19-3)12(14)6-10/h4-6,15H,7H2,1-3H3. The van der Waals surface area contributed by atoms with Crippen LogP contribution in [0.25, 0.3) is 0 Å². The number of rotatable bonds is 5. The number of methoxy groups -OCH3 is 1. The normalized spacial score (nSPS) is 11.6. The fraction of sp³-hybridized carbons (Fsp3) is 0.308. The first-order valence-corrected chi connectivity index (χ1v) is 7.96. The number of aromatic nitrogens is 1. The summed E-state index contributed by atoms with van der Waals surface area (Å²) in [6, 6.07) is 4.28. The van der Waals surface area contributed by atoms with E-state index >= 15 is 0 Å². The largest absolute Gasteiger partial charge is 0.495 e. The van der Waals surface area contributed by atoms with Gasteiger partial charge in [-0.15, -0.1) is 0 Å². The van der Waals surface area contributed by atoms with Crippen molar-refractivity contribution < 1.29 is 17.7 Å². The van der Waals surface area contributed by atoms with Gasteiger partial charge in [-0.25, -0.2) is 13.1 Å². The number of hydrogen-bond acceptors (Lipinski definition) is 5. The number of ether oxygens (including phenoxy) is 1. The van der Waals surface area contributed by atoms with E-state index in [-0.39, 0.29) is 16.5 Å². The van der Waals surface area contributed by atoms with Crippen molar-refractivity contribution in [3.63, 3.8) is 0 Å². The number of hydrogen-bond donors (Lipinski definition) is 1. The van der Waals surface area contributed by atoms with Crippen LogP contribution in [0.5, 0.6) is 5.75 Å². The molecule has 2 rings (SSSR count). The Morgan fingerprint density at radius 1 is 1.38 bits per heavy atom. The Kier molecular flexibility index (Phi) is 4.55. The number of aryl methyl sites for hydroxylation is 2. The predicted molar refractivity (Wildman–Crippen MR) is 78.0 cm³/mol. The first-order chi connectivity index (χ1) is 9.85. The number of nitrogens with zero attached hydrogens (tertiary/aromatic N) is 1. The molecule has 21 heavy (non-hydrogen) atoms. The van der Waals surface area contributed by atoms with Gasteiger partial charge in [-0.2, -0.15) is 0 Å². The maximum absolute atomic E-state index is 12.2. The van der Waals surface area contributed by atoms with Crippen LogP contribution in [0.4, 0.5) is 0 Å². The van der Waals surface area contributed by atoms with E-state index in [4.69, 9.17) is 20.9 Å². The molecule has 0 unspecified atom stereocenters. The quantitative estimate of drug-likeness (QED) is 0.910. The van der Waals surface area contributed by atoms with Crippen molar-refractivity contribution in [3.8, 4) is 5.75 Å². The molecule has 1 aromatic carbocycles. The zero-order chi connectivity index (χ0) is 15.6. The lowest BCUT2D eigenvalue weighted by Crippen LogP contribution is -2.23. The smallest absolute Gasteiger partial charge is 0.240 e. The van der Waals surface area contributed by atoms with Crippen LogP contribution in [0.15, 0.2) is 27.6 Å². The van der Waals surface area contributed by atoms with Crippen molar-refractivity contribution in [3.05, 3.63) is 40.2 Å². The molecule has 0 spiro atoms. The molecule has 0 saturated carbocycles. The molecule has 0 saturated heterocycles. The minimum absolute atomic E-state index is 0.0695. The molecule has 1 heterocycles. The summed E-state index contributed by atoms with van der Waals surface area (Å²) < 4.78 is 37.0. The number of halogens is 1. The number of benzene rings is 1. The second kappa shape index (κ2) is 6.05. The molecule has 0 atom stereocenters. The molecule has 0 aliphatic carbocycles. The summed E-state index contributed by atoms with van der Waals surface area (Å²) in [6.45, 7) is 3.59. The van der Waals surface area contributed by atoms with Gasteiger partial charge in [-0.3, -0.25) is 0 Å². The second-order valence-corrected chi connectivity index (χ2v) is 6.60. The molecule has 0 bridgehead atoms. The van der Waals surface area contributed by atoms with Crippen LogP contribution < -0.4 is 9.46 Å². The van der Waals surface area contributed by atoms with Crippen LogP contribution >= 0.6 is 11.6 Å². The number of nitrogens with one attached hydrogen (secondary N) is 1. The lowest BCUT2D eigenvalue weighted by molar-refractivity contribution is 0.392. The highest BCUT2D eigenvalue weighted by Gasteiger charge is 2.18. The van der Waals surface area contributed by atoms with Crippen molar-refractivity contribution >= 4 is 21.6 Å². The van der Waals surface area contributed by atoms with Crippen molar-refractivity contribution in [1.29, 1.82) is 0 Å². The second-order valence-electron chi connectivity index (χ2n) is 4.42. The van der Waals surface area contributed by atoms with E-state index in [2.05, 4.69) is 9.88 Å². The summed E-state index contributed by atoms with van der Waals surface area (Å²) >= 11 is 5.94. The van der Waals surface area contributed by atoms with Gasteiger partial charge in [0.25, 0.3) is 0 Å². The Morgan fingerprint density at radius 3 is 2.62 bits per heavy atom. The van der Waals surface area contributed by atoms with Crippen molar-refractivity contribution in [2.24, 2.45) is 0 Å². The maximum Gasteiger partial charge on any atom is 0.240 e. The van der Waals surface area contributed by atoms with E-state index in [1.54, 1.807) is 13.8 Å². The fourth-order valence-electron chi connectivity index (χ4n) is 1.82. The molecule has 1 N–H and O–H groups in total. The van der Waals surface area contributed by atoms with Gasteiger partial charge in [0.05, 0.1) is 22.7 Å². The van der Waals surface area contributed by atoms with E-state index in [1.807, 2.05) is 0 Å². The molecule has 114 valence electrons. The Bertz CT molecular complexity index is 736. The van der Waals surface area contributed by atoms with Crippen LogP contribution in [0.3, 0.4) is 0 Å². The Balaban J connectivity index is 2.21. The average Bonchev–Trinajstić information content (AvgIpc) is 2.76. The van der Waals surface area contributed by atoms with Crippen LogP contribution in [-0.4, -0.2) is 20.7 Å². The third kappa shape index (κ3) is 3.37. The van der Waals surface area contributed by atoms with Gasteiger partial charge in [-0.05, 0) is 32.0 Å². The van der Waals surface area contributed by atoms with Crippen molar-refractivity contribution in [2.75, 3.05) is 7.11 Å². The molecule has 2 aromatic rings. The molecule has 0 aliphatic rings. The van der Waals surface area contributed by atoms with Crippen molar-refractivity contribution in [1.82, 2.24) is 9.88 Å². The van der Waals surface area contributed by atoms with Crippen LogP contribution in [0, 0.1) is 13.8 Å². The lowest BCUT2D eigenvalue weighted by atomic mass is 10.2. The molecule has 0 aliphatic heterocycles. The van der Waals surface area contributed by atoms with Crippen LogP contribution in [0.1, 0.15) is 17.0 Å². The van der Waals surface area contributed by atoms with E-state index in [0.29, 0.717) is 17.2 Å². The van der Waals surface area contributed by atoms with Gasteiger partial charge in [0.1, 0.15) is 11.5 Å². The van der Waals surface area contributed by atoms with Gasteiger partial charge in [-0.1, -0.05) is 16.8 Å². The van der Waals surface area contributed by atoms with Gasteiger partial charge in [0.2, 0.25) is 10.0 Å². The Morgan fingerprint density at radius 2 is 2.10 bits per heavy atom. The average molecular weight is 331 g/mol. The molecule has 0 radical (unpaired) electrons. The van der Waals surface area contributed by atoms with E-state index in [0.717, 1.165) is 5.56 Å². The molecule has 0 fully saturated rings. The first kappa shape index (κ1) is 15.8. The maximum atomic E-state index is 12.2. The third-order valence-corrected chi connectivity index (χ3v) is 4.75. The lowest BCUT2D eigenvalue weighted by Gasteiger charge is -2.08. The van der Waals surface area contributed by atoms with Crippen LogP contribution in [-0.2, 0) is 16.6 Å². The predicted octanol–water partition coefficient (Wildman–Crippen LogP) is 2.43. The minimum atomic E-state index is -3.68. The highest BCUT2D eigenvalue weighted by Crippen LogP contribution is 2.27. The zero-order valence-corrected chi connectivity index (χ0v) is 13.4. The summed E-state index contributed by atoms with van der Waals surface area (Å²) in [7, 11) is -2.21. The van der Waals surface area contributed by atoms with Gasteiger partial charge < -0.3 is 9.26 Å². The summed E-state index contributed by atoms with van der Waals surface area (Å²) in [4.78, 5) is 0.0695. The number of sulfonamides is 1.